The Balaban J connectivity index is 2.48. The van der Waals surface area contributed by atoms with Gasteiger partial charge in [-0.2, -0.15) is 5.10 Å². The van der Waals surface area contributed by atoms with E-state index < -0.39 is 5.97 Å². The third-order valence-electron chi connectivity index (χ3n) is 2.09. The van der Waals surface area contributed by atoms with Crippen molar-refractivity contribution in [2.24, 2.45) is 7.05 Å². The quantitative estimate of drug-likeness (QED) is 0.630. The molecule has 0 amide bonds. The number of carboxylic acid groups (broad SMARTS) is 1. The first-order valence-corrected chi connectivity index (χ1v) is 5.57. The van der Waals surface area contributed by atoms with E-state index in [1.165, 1.54) is 18.1 Å². The van der Waals surface area contributed by atoms with Crippen molar-refractivity contribution in [1.29, 1.82) is 0 Å². The Morgan fingerprint density at radius 3 is 3.00 bits per heavy atom. The summed E-state index contributed by atoms with van der Waals surface area (Å²) in [6.07, 6.45) is 1.42. The zero-order valence-corrected chi connectivity index (χ0v) is 9.65. The van der Waals surface area contributed by atoms with Crippen LogP contribution in [0.3, 0.4) is 0 Å². The highest BCUT2D eigenvalue weighted by atomic mass is 32.2. The molecule has 2 aromatic heterocycles. The van der Waals surface area contributed by atoms with Crippen molar-refractivity contribution in [2.45, 2.75) is 11.9 Å². The van der Waals surface area contributed by atoms with Crippen LogP contribution >= 0.6 is 11.8 Å². The largest absolute Gasteiger partial charge is 0.481 e. The average molecular weight is 238 g/mol. The third kappa shape index (κ3) is 1.85. The number of thioether (sulfide) groups is 1. The number of hydrogen-bond donors (Lipinski definition) is 1. The minimum atomic E-state index is -0.863. The highest BCUT2D eigenvalue weighted by Gasteiger charge is 2.13. The molecular weight excluding hydrogens is 228 g/mol. The molecule has 2 heterocycles. The topological polar surface area (TPSA) is 80.9 Å². The molecule has 0 spiro atoms. The third-order valence-corrected chi connectivity index (χ3v) is 3.07. The molecule has 7 heteroatoms. The zero-order valence-electron chi connectivity index (χ0n) is 8.84. The van der Waals surface area contributed by atoms with Gasteiger partial charge >= 0.3 is 5.97 Å². The molecule has 2 rings (SSSR count). The van der Waals surface area contributed by atoms with Gasteiger partial charge in [0.25, 0.3) is 0 Å². The summed E-state index contributed by atoms with van der Waals surface area (Å²) in [5.74, 6) is -0.876. The van der Waals surface area contributed by atoms with Gasteiger partial charge in [0, 0.05) is 7.05 Å². The molecule has 0 aliphatic carbocycles. The maximum absolute atomic E-state index is 10.5. The van der Waals surface area contributed by atoms with Crippen molar-refractivity contribution >= 4 is 28.8 Å². The number of nitrogens with zero attached hydrogens (tertiary/aromatic N) is 4. The van der Waals surface area contributed by atoms with Crippen molar-refractivity contribution in [3.63, 3.8) is 0 Å². The summed E-state index contributed by atoms with van der Waals surface area (Å²) in [7, 11) is 1.80. The van der Waals surface area contributed by atoms with Gasteiger partial charge in [0.05, 0.1) is 16.8 Å². The molecule has 0 aromatic carbocycles. The fraction of sp³-hybridized carbons (Fsp3) is 0.333. The molecule has 0 saturated carbocycles. The zero-order chi connectivity index (χ0) is 11.7. The van der Waals surface area contributed by atoms with Gasteiger partial charge in [-0.25, -0.2) is 9.97 Å². The molecule has 0 fully saturated rings. The molecule has 0 radical (unpaired) electrons. The van der Waals surface area contributed by atoms with Crippen LogP contribution in [0, 0.1) is 6.92 Å². The van der Waals surface area contributed by atoms with Gasteiger partial charge in [0.15, 0.2) is 5.65 Å². The number of aliphatic carboxylic acids is 1. The molecule has 84 valence electrons. The van der Waals surface area contributed by atoms with E-state index in [1.54, 1.807) is 11.7 Å². The van der Waals surface area contributed by atoms with Crippen molar-refractivity contribution in [3.8, 4) is 0 Å². The van der Waals surface area contributed by atoms with E-state index in [2.05, 4.69) is 15.1 Å². The van der Waals surface area contributed by atoms with Crippen LogP contribution in [-0.2, 0) is 11.8 Å². The van der Waals surface area contributed by atoms with Gasteiger partial charge in [-0.05, 0) is 6.92 Å². The number of aromatic nitrogens is 4. The summed E-state index contributed by atoms with van der Waals surface area (Å²) >= 11 is 1.18. The second kappa shape index (κ2) is 4.09. The molecule has 0 aliphatic rings. The van der Waals surface area contributed by atoms with Crippen LogP contribution in [-0.4, -0.2) is 36.6 Å². The SMILES string of the molecule is Cc1nn(C)c2ncnc(SCC(=O)O)c12. The first-order chi connectivity index (χ1) is 7.59. The molecule has 1 N–H and O–H groups in total. The van der Waals surface area contributed by atoms with Gasteiger partial charge in [0.1, 0.15) is 11.4 Å². The Kier molecular flexibility index (Phi) is 2.78. The van der Waals surface area contributed by atoms with E-state index in [0.717, 1.165) is 16.7 Å². The Hall–Kier alpha value is -1.63. The van der Waals surface area contributed by atoms with E-state index >= 15 is 0 Å². The van der Waals surface area contributed by atoms with Crippen LogP contribution in [0.1, 0.15) is 5.69 Å². The molecule has 2 aromatic rings. The van der Waals surface area contributed by atoms with Crippen molar-refractivity contribution in [1.82, 2.24) is 19.7 Å². The fourth-order valence-electron chi connectivity index (χ4n) is 1.48. The second-order valence-corrected chi connectivity index (χ2v) is 4.23. The minimum absolute atomic E-state index is 0.0134. The van der Waals surface area contributed by atoms with Gasteiger partial charge in [0.2, 0.25) is 0 Å². The van der Waals surface area contributed by atoms with Crippen molar-refractivity contribution < 1.29 is 9.90 Å². The summed E-state index contributed by atoms with van der Waals surface area (Å²) in [5.41, 5.74) is 1.53. The Labute approximate surface area is 95.7 Å². The normalized spacial score (nSPS) is 10.9. The predicted molar refractivity (Wildman–Crippen MR) is 59.4 cm³/mol. The average Bonchev–Trinajstić information content (AvgIpc) is 2.52. The highest BCUT2D eigenvalue weighted by molar-refractivity contribution is 8.00. The van der Waals surface area contributed by atoms with Gasteiger partial charge in [-0.15, -0.1) is 0 Å². The lowest BCUT2D eigenvalue weighted by Crippen LogP contribution is -1.99. The molecular formula is C9H10N4O2S. The van der Waals surface area contributed by atoms with Crippen LogP contribution in [0.2, 0.25) is 0 Å². The lowest BCUT2D eigenvalue weighted by molar-refractivity contribution is -0.133. The first-order valence-electron chi connectivity index (χ1n) is 4.58. The lowest BCUT2D eigenvalue weighted by Gasteiger charge is -1.99. The maximum Gasteiger partial charge on any atom is 0.313 e. The monoisotopic (exact) mass is 238 g/mol. The molecule has 6 nitrogen and oxygen atoms in total. The number of rotatable bonds is 3. The van der Waals surface area contributed by atoms with Crippen LogP contribution < -0.4 is 0 Å². The molecule has 0 atom stereocenters. The lowest BCUT2D eigenvalue weighted by atomic mass is 10.3. The Bertz CT molecular complexity index is 552. The highest BCUT2D eigenvalue weighted by Crippen LogP contribution is 2.26. The summed E-state index contributed by atoms with van der Waals surface area (Å²) in [6, 6.07) is 0. The van der Waals surface area contributed by atoms with E-state index in [-0.39, 0.29) is 5.75 Å². The van der Waals surface area contributed by atoms with Gasteiger partial charge in [-0.1, -0.05) is 11.8 Å². The fourth-order valence-corrected chi connectivity index (χ4v) is 2.25. The molecule has 16 heavy (non-hydrogen) atoms. The van der Waals surface area contributed by atoms with E-state index in [0.29, 0.717) is 5.03 Å². The molecule has 0 saturated heterocycles. The van der Waals surface area contributed by atoms with Crippen LogP contribution in [0.5, 0.6) is 0 Å². The van der Waals surface area contributed by atoms with Crippen molar-refractivity contribution in [3.05, 3.63) is 12.0 Å². The number of fused-ring (bicyclic) bond motifs is 1. The van der Waals surface area contributed by atoms with Gasteiger partial charge in [-0.3, -0.25) is 9.48 Å². The molecule has 0 bridgehead atoms. The van der Waals surface area contributed by atoms with E-state index in [9.17, 15) is 4.79 Å². The summed E-state index contributed by atoms with van der Waals surface area (Å²) in [4.78, 5) is 18.7. The second-order valence-electron chi connectivity index (χ2n) is 3.27. The Morgan fingerprint density at radius 1 is 1.56 bits per heavy atom. The summed E-state index contributed by atoms with van der Waals surface area (Å²) < 4.78 is 1.66. The number of aryl methyl sites for hydroxylation is 2. The van der Waals surface area contributed by atoms with Gasteiger partial charge < -0.3 is 5.11 Å². The summed E-state index contributed by atoms with van der Waals surface area (Å²) in [6.45, 7) is 1.86. The van der Waals surface area contributed by atoms with E-state index in [4.69, 9.17) is 5.11 Å². The molecule has 0 aliphatic heterocycles. The maximum atomic E-state index is 10.5. The first kappa shape index (κ1) is 10.9. The van der Waals surface area contributed by atoms with E-state index in [1.807, 2.05) is 6.92 Å². The van der Waals surface area contributed by atoms with Crippen LogP contribution in [0.25, 0.3) is 11.0 Å². The predicted octanol–water partition coefficient (Wildman–Crippen LogP) is 0.848. The number of carbonyl (C=O) groups is 1. The van der Waals surface area contributed by atoms with Crippen LogP contribution in [0.4, 0.5) is 0 Å². The van der Waals surface area contributed by atoms with Crippen LogP contribution in [0.15, 0.2) is 11.4 Å². The number of carboxylic acids is 1. The van der Waals surface area contributed by atoms with Crippen molar-refractivity contribution in [2.75, 3.05) is 5.75 Å². The minimum Gasteiger partial charge on any atom is -0.481 e. The molecule has 0 unspecified atom stereocenters. The smallest absolute Gasteiger partial charge is 0.313 e. The number of hydrogen-bond acceptors (Lipinski definition) is 5. The standard InChI is InChI=1S/C9H10N4O2S/c1-5-7-8(13(2)12-5)10-4-11-9(7)16-3-6(14)15/h4H,3H2,1-2H3,(H,14,15). The summed E-state index contributed by atoms with van der Waals surface area (Å²) in [5, 5.41) is 14.4. The Morgan fingerprint density at radius 2 is 2.31 bits per heavy atom.